The maximum absolute atomic E-state index is 11.9. The summed E-state index contributed by atoms with van der Waals surface area (Å²) in [5, 5.41) is 10.4. The summed E-state index contributed by atoms with van der Waals surface area (Å²) in [7, 11) is 0. The van der Waals surface area contributed by atoms with Crippen LogP contribution < -0.4 is 4.74 Å². The van der Waals surface area contributed by atoms with Crippen molar-refractivity contribution in [1.29, 1.82) is 0 Å². The minimum Gasteiger partial charge on any atom is -0.480 e. The van der Waals surface area contributed by atoms with Crippen LogP contribution in [-0.2, 0) is 0 Å². The molecule has 0 heterocycles. The molecule has 0 N–H and O–H groups in total. The number of hydrogen-bond donors (Lipinski definition) is 0. The number of ether oxygens (including phenoxy) is 1. The van der Waals surface area contributed by atoms with Gasteiger partial charge in [0.15, 0.2) is 0 Å². The minimum atomic E-state index is -2.74. The summed E-state index contributed by atoms with van der Waals surface area (Å²) in [6.07, 6.45) is -2.74. The highest BCUT2D eigenvalue weighted by Crippen LogP contribution is 2.37. The summed E-state index contributed by atoms with van der Waals surface area (Å²) >= 11 is 11.1. The van der Waals surface area contributed by atoms with Gasteiger partial charge in [0.1, 0.15) is 6.61 Å². The second-order valence-corrected chi connectivity index (χ2v) is 3.54. The molecule has 1 rings (SSSR count). The van der Waals surface area contributed by atoms with Crippen molar-refractivity contribution >= 4 is 28.9 Å². The molecule has 88 valence electrons. The zero-order chi connectivity index (χ0) is 12.3. The molecule has 0 unspecified atom stereocenters. The van der Waals surface area contributed by atoms with E-state index in [4.69, 9.17) is 23.2 Å². The first kappa shape index (κ1) is 12.9. The molecule has 1 aromatic rings. The lowest BCUT2D eigenvalue weighted by molar-refractivity contribution is -0.385. The van der Waals surface area contributed by atoms with E-state index < -0.39 is 29.4 Å². The van der Waals surface area contributed by atoms with Gasteiger partial charge in [-0.15, -0.1) is 0 Å². The van der Waals surface area contributed by atoms with E-state index in [1.54, 1.807) is 0 Å². The first-order valence-corrected chi connectivity index (χ1v) is 4.71. The molecular formula is C8H5Cl2F2NO3. The Labute approximate surface area is 98.9 Å². The van der Waals surface area contributed by atoms with Gasteiger partial charge >= 0.3 is 5.69 Å². The molecule has 1 aromatic carbocycles. The predicted molar refractivity (Wildman–Crippen MR) is 54.6 cm³/mol. The second kappa shape index (κ2) is 5.27. The molecule has 0 aromatic heterocycles. The van der Waals surface area contributed by atoms with Crippen LogP contribution in [0.2, 0.25) is 10.0 Å². The van der Waals surface area contributed by atoms with Gasteiger partial charge in [-0.3, -0.25) is 10.1 Å². The van der Waals surface area contributed by atoms with Gasteiger partial charge in [0.2, 0.25) is 5.75 Å². The molecule has 0 amide bonds. The Bertz CT molecular complexity index is 415. The van der Waals surface area contributed by atoms with E-state index in [1.807, 2.05) is 0 Å². The summed E-state index contributed by atoms with van der Waals surface area (Å²) in [6, 6.07) is 2.16. The fourth-order valence-corrected chi connectivity index (χ4v) is 1.51. The van der Waals surface area contributed by atoms with Crippen LogP contribution in [0.1, 0.15) is 0 Å². The highest BCUT2D eigenvalue weighted by Gasteiger charge is 2.21. The molecular weight excluding hydrogens is 267 g/mol. The van der Waals surface area contributed by atoms with Gasteiger partial charge in [0.05, 0.1) is 9.95 Å². The molecule has 0 radical (unpaired) electrons. The number of nitrogens with zero attached hydrogens (tertiary/aromatic N) is 1. The van der Waals surface area contributed by atoms with E-state index in [2.05, 4.69) is 4.74 Å². The maximum Gasteiger partial charge on any atom is 0.314 e. The molecule has 0 atom stereocenters. The number of rotatable bonds is 4. The molecule has 0 saturated carbocycles. The van der Waals surface area contributed by atoms with Crippen LogP contribution in [0.15, 0.2) is 12.1 Å². The van der Waals surface area contributed by atoms with Crippen LogP contribution >= 0.6 is 23.2 Å². The normalized spacial score (nSPS) is 10.6. The van der Waals surface area contributed by atoms with Crippen LogP contribution in [0.5, 0.6) is 5.75 Å². The van der Waals surface area contributed by atoms with Crippen molar-refractivity contribution in [2.45, 2.75) is 6.43 Å². The van der Waals surface area contributed by atoms with E-state index in [1.165, 1.54) is 6.07 Å². The summed E-state index contributed by atoms with van der Waals surface area (Å²) in [4.78, 5) is 9.78. The molecule has 0 saturated heterocycles. The summed E-state index contributed by atoms with van der Waals surface area (Å²) in [5.41, 5.74) is -0.543. The van der Waals surface area contributed by atoms with Crippen LogP contribution in [0.4, 0.5) is 14.5 Å². The minimum absolute atomic E-state index is 0.0288. The van der Waals surface area contributed by atoms with Gasteiger partial charge in [-0.2, -0.15) is 0 Å². The van der Waals surface area contributed by atoms with E-state index in [-0.39, 0.29) is 10.0 Å². The smallest absolute Gasteiger partial charge is 0.314 e. The third kappa shape index (κ3) is 3.18. The molecule has 0 bridgehead atoms. The Hall–Kier alpha value is -1.14. The second-order valence-electron chi connectivity index (χ2n) is 2.70. The molecule has 0 aliphatic rings. The number of nitro benzene ring substituents is 1. The zero-order valence-corrected chi connectivity index (χ0v) is 9.13. The number of nitro groups is 1. The number of hydrogen-bond acceptors (Lipinski definition) is 3. The Kier molecular flexibility index (Phi) is 4.26. The average Bonchev–Trinajstić information content (AvgIpc) is 2.14. The lowest BCUT2D eigenvalue weighted by Gasteiger charge is -2.08. The number of alkyl halides is 2. The average molecular weight is 272 g/mol. The van der Waals surface area contributed by atoms with Crippen LogP contribution in [0, 0.1) is 10.1 Å². The number of benzene rings is 1. The van der Waals surface area contributed by atoms with Crippen LogP contribution in [0.25, 0.3) is 0 Å². The topological polar surface area (TPSA) is 52.4 Å². The Morgan fingerprint density at radius 3 is 2.56 bits per heavy atom. The fraction of sp³-hybridized carbons (Fsp3) is 0.250. The van der Waals surface area contributed by atoms with Gasteiger partial charge in [0, 0.05) is 11.1 Å². The summed E-state index contributed by atoms with van der Waals surface area (Å²) in [5.74, 6) is -0.406. The largest absolute Gasteiger partial charge is 0.480 e. The monoisotopic (exact) mass is 271 g/mol. The van der Waals surface area contributed by atoms with Crippen molar-refractivity contribution in [3.05, 3.63) is 32.3 Å². The quantitative estimate of drug-likeness (QED) is 0.622. The summed E-state index contributed by atoms with van der Waals surface area (Å²) < 4.78 is 28.4. The Morgan fingerprint density at radius 2 is 2.06 bits per heavy atom. The Morgan fingerprint density at radius 1 is 1.44 bits per heavy atom. The lowest BCUT2D eigenvalue weighted by atomic mass is 10.3. The standard InChI is InChI=1S/C8H5Cl2F2NO3/c9-4-1-5(10)8(16-3-7(11)12)6(2-4)13(14)15/h1-2,7H,3H2. The molecule has 0 fully saturated rings. The number of halogens is 4. The highest BCUT2D eigenvalue weighted by molar-refractivity contribution is 6.36. The van der Waals surface area contributed by atoms with Gasteiger partial charge in [-0.05, 0) is 6.07 Å². The molecule has 4 nitrogen and oxygen atoms in total. The van der Waals surface area contributed by atoms with Crippen molar-refractivity contribution in [2.75, 3.05) is 6.61 Å². The fourth-order valence-electron chi connectivity index (χ4n) is 0.972. The van der Waals surface area contributed by atoms with Gasteiger partial charge in [-0.1, -0.05) is 23.2 Å². The van der Waals surface area contributed by atoms with Crippen molar-refractivity contribution in [1.82, 2.24) is 0 Å². The van der Waals surface area contributed by atoms with Gasteiger partial charge in [0.25, 0.3) is 6.43 Å². The van der Waals surface area contributed by atoms with Crippen molar-refractivity contribution in [3.8, 4) is 5.75 Å². The van der Waals surface area contributed by atoms with Gasteiger partial charge < -0.3 is 4.74 Å². The highest BCUT2D eigenvalue weighted by atomic mass is 35.5. The van der Waals surface area contributed by atoms with Crippen molar-refractivity contribution in [2.24, 2.45) is 0 Å². The van der Waals surface area contributed by atoms with E-state index in [9.17, 15) is 18.9 Å². The predicted octanol–water partition coefficient (Wildman–Crippen LogP) is 3.55. The third-order valence-electron chi connectivity index (χ3n) is 1.54. The Balaban J connectivity index is 3.09. The molecule has 16 heavy (non-hydrogen) atoms. The molecule has 0 aliphatic heterocycles. The SMILES string of the molecule is O=[N+]([O-])c1cc(Cl)cc(Cl)c1OCC(F)F. The van der Waals surface area contributed by atoms with Gasteiger partial charge in [-0.25, -0.2) is 8.78 Å². The first-order valence-electron chi connectivity index (χ1n) is 3.96. The first-order chi connectivity index (χ1) is 7.41. The summed E-state index contributed by atoms with van der Waals surface area (Å²) in [6.45, 7) is -0.970. The molecule has 8 heteroatoms. The van der Waals surface area contributed by atoms with E-state index in [0.29, 0.717) is 0 Å². The molecule has 0 aliphatic carbocycles. The zero-order valence-electron chi connectivity index (χ0n) is 7.62. The third-order valence-corrected chi connectivity index (χ3v) is 2.04. The lowest BCUT2D eigenvalue weighted by Crippen LogP contribution is -2.08. The van der Waals surface area contributed by atoms with Crippen molar-refractivity contribution < 1.29 is 18.4 Å². The van der Waals surface area contributed by atoms with Crippen molar-refractivity contribution in [3.63, 3.8) is 0 Å². The van der Waals surface area contributed by atoms with E-state index in [0.717, 1.165) is 6.07 Å². The van der Waals surface area contributed by atoms with Crippen LogP contribution in [-0.4, -0.2) is 18.0 Å². The van der Waals surface area contributed by atoms with Crippen LogP contribution in [0.3, 0.4) is 0 Å². The maximum atomic E-state index is 11.9. The van der Waals surface area contributed by atoms with E-state index >= 15 is 0 Å². The molecule has 0 spiro atoms.